The lowest BCUT2D eigenvalue weighted by molar-refractivity contribution is 0.102. The third kappa shape index (κ3) is 4.23. The first kappa shape index (κ1) is 17.1. The van der Waals surface area contributed by atoms with Crippen LogP contribution in [0, 0.1) is 5.82 Å². The fourth-order valence-electron chi connectivity index (χ4n) is 1.98. The molecular weight excluding hydrogens is 366 g/mol. The number of halogens is 3. The smallest absolute Gasteiger partial charge is 0.275 e. The number of hydrogen-bond donors (Lipinski definition) is 2. The molecule has 2 aromatic carbocycles. The van der Waals surface area contributed by atoms with Crippen LogP contribution in [0.5, 0.6) is 0 Å². The van der Waals surface area contributed by atoms with Gasteiger partial charge in [-0.3, -0.25) is 4.79 Å². The van der Waals surface area contributed by atoms with E-state index in [4.69, 9.17) is 23.2 Å². The minimum Gasteiger partial charge on any atom is -0.339 e. The predicted molar refractivity (Wildman–Crippen MR) is 96.1 cm³/mol. The first-order valence-corrected chi connectivity index (χ1v) is 7.88. The van der Waals surface area contributed by atoms with E-state index in [-0.39, 0.29) is 11.4 Å². The molecule has 0 aliphatic rings. The number of aromatic nitrogens is 2. The van der Waals surface area contributed by atoms with E-state index in [0.717, 1.165) is 0 Å². The van der Waals surface area contributed by atoms with E-state index in [1.165, 1.54) is 30.6 Å². The highest BCUT2D eigenvalue weighted by molar-refractivity contribution is 6.42. The van der Waals surface area contributed by atoms with E-state index in [2.05, 4.69) is 20.6 Å². The van der Waals surface area contributed by atoms with Crippen LogP contribution in [0.3, 0.4) is 0 Å². The summed E-state index contributed by atoms with van der Waals surface area (Å²) in [5.41, 5.74) is 0.808. The van der Waals surface area contributed by atoms with Crippen molar-refractivity contribution in [2.45, 2.75) is 0 Å². The number of anilines is 3. The molecule has 3 rings (SSSR count). The Bertz CT molecular complexity index is 919. The Balaban J connectivity index is 1.70. The molecule has 126 valence electrons. The van der Waals surface area contributed by atoms with Crippen LogP contribution < -0.4 is 10.6 Å². The fourth-order valence-corrected chi connectivity index (χ4v) is 2.28. The van der Waals surface area contributed by atoms with Gasteiger partial charge < -0.3 is 10.6 Å². The quantitative estimate of drug-likeness (QED) is 0.678. The standard InChI is InChI=1S/C17H11Cl2FN4O/c18-11-6-5-10(7-12(11)19)23-16-9-21-15(8-22-16)17(25)24-14-4-2-1-3-13(14)20/h1-9H,(H,22,23)(H,24,25). The molecule has 0 aliphatic carbocycles. The van der Waals surface area contributed by atoms with Crippen LogP contribution in [0.1, 0.15) is 10.5 Å². The summed E-state index contributed by atoms with van der Waals surface area (Å²) >= 11 is 11.8. The fraction of sp³-hybridized carbons (Fsp3) is 0. The van der Waals surface area contributed by atoms with E-state index in [9.17, 15) is 9.18 Å². The second-order valence-electron chi connectivity index (χ2n) is 4.97. The molecule has 1 amide bonds. The average molecular weight is 377 g/mol. The Labute approximate surface area is 152 Å². The molecule has 5 nitrogen and oxygen atoms in total. The largest absolute Gasteiger partial charge is 0.339 e. The molecule has 0 bridgehead atoms. The Morgan fingerprint density at radius 3 is 2.48 bits per heavy atom. The van der Waals surface area contributed by atoms with Crippen molar-refractivity contribution in [1.82, 2.24) is 9.97 Å². The van der Waals surface area contributed by atoms with Gasteiger partial charge in [0.25, 0.3) is 5.91 Å². The molecule has 1 heterocycles. The lowest BCUT2D eigenvalue weighted by atomic mass is 10.3. The number of carbonyl (C=O) groups excluding carboxylic acids is 1. The summed E-state index contributed by atoms with van der Waals surface area (Å²) in [6.45, 7) is 0. The molecule has 8 heteroatoms. The van der Waals surface area contributed by atoms with Gasteiger partial charge in [0.15, 0.2) is 0 Å². The van der Waals surface area contributed by atoms with Gasteiger partial charge in [-0.1, -0.05) is 35.3 Å². The SMILES string of the molecule is O=C(Nc1ccccc1F)c1cnc(Nc2ccc(Cl)c(Cl)c2)cn1. The number of amides is 1. The van der Waals surface area contributed by atoms with Crippen LogP contribution in [0.2, 0.25) is 10.0 Å². The van der Waals surface area contributed by atoms with Crippen molar-refractivity contribution in [3.8, 4) is 0 Å². The van der Waals surface area contributed by atoms with Crippen LogP contribution in [0.15, 0.2) is 54.9 Å². The monoisotopic (exact) mass is 376 g/mol. The molecule has 0 aliphatic heterocycles. The highest BCUT2D eigenvalue weighted by atomic mass is 35.5. The van der Waals surface area contributed by atoms with Crippen molar-refractivity contribution in [1.29, 1.82) is 0 Å². The summed E-state index contributed by atoms with van der Waals surface area (Å²) in [5, 5.41) is 6.28. The van der Waals surface area contributed by atoms with Crippen LogP contribution >= 0.6 is 23.2 Å². The molecule has 0 saturated heterocycles. The molecule has 25 heavy (non-hydrogen) atoms. The third-order valence-corrected chi connectivity index (χ3v) is 3.94. The van der Waals surface area contributed by atoms with Crippen molar-refractivity contribution in [3.05, 3.63) is 76.4 Å². The summed E-state index contributed by atoms with van der Waals surface area (Å²) < 4.78 is 13.6. The molecule has 3 aromatic rings. The zero-order valence-corrected chi connectivity index (χ0v) is 14.1. The summed E-state index contributed by atoms with van der Waals surface area (Å²) in [6.07, 6.45) is 2.68. The summed E-state index contributed by atoms with van der Waals surface area (Å²) in [7, 11) is 0. The van der Waals surface area contributed by atoms with Crippen molar-refractivity contribution >= 4 is 46.3 Å². The first-order valence-electron chi connectivity index (χ1n) is 7.13. The molecule has 2 N–H and O–H groups in total. The van der Waals surface area contributed by atoms with Crippen molar-refractivity contribution in [2.24, 2.45) is 0 Å². The minimum absolute atomic E-state index is 0.0583. The van der Waals surface area contributed by atoms with E-state index >= 15 is 0 Å². The molecule has 0 radical (unpaired) electrons. The van der Waals surface area contributed by atoms with Crippen molar-refractivity contribution in [3.63, 3.8) is 0 Å². The first-order chi connectivity index (χ1) is 12.0. The van der Waals surface area contributed by atoms with Gasteiger partial charge in [0.1, 0.15) is 17.3 Å². The van der Waals surface area contributed by atoms with E-state index in [0.29, 0.717) is 21.6 Å². The highest BCUT2D eigenvalue weighted by Crippen LogP contribution is 2.26. The van der Waals surface area contributed by atoms with Crippen LogP contribution in [-0.4, -0.2) is 15.9 Å². The van der Waals surface area contributed by atoms with Gasteiger partial charge in [-0.05, 0) is 30.3 Å². The average Bonchev–Trinajstić information content (AvgIpc) is 2.61. The molecule has 0 fully saturated rings. The number of nitrogens with one attached hydrogen (secondary N) is 2. The number of benzene rings is 2. The lowest BCUT2D eigenvalue weighted by Crippen LogP contribution is -2.15. The van der Waals surface area contributed by atoms with E-state index in [1.54, 1.807) is 24.3 Å². The number of nitrogens with zero attached hydrogens (tertiary/aromatic N) is 2. The summed E-state index contributed by atoms with van der Waals surface area (Å²) in [4.78, 5) is 20.2. The van der Waals surface area contributed by atoms with E-state index in [1.807, 2.05) is 0 Å². The van der Waals surface area contributed by atoms with Gasteiger partial charge in [-0.25, -0.2) is 14.4 Å². The minimum atomic E-state index is -0.557. The molecule has 0 atom stereocenters. The zero-order chi connectivity index (χ0) is 17.8. The maximum atomic E-state index is 13.6. The lowest BCUT2D eigenvalue weighted by Gasteiger charge is -2.08. The maximum absolute atomic E-state index is 13.6. The Hall–Kier alpha value is -2.70. The molecule has 1 aromatic heterocycles. The maximum Gasteiger partial charge on any atom is 0.275 e. The number of rotatable bonds is 4. The van der Waals surface area contributed by atoms with Crippen LogP contribution in [-0.2, 0) is 0 Å². The van der Waals surface area contributed by atoms with Crippen molar-refractivity contribution in [2.75, 3.05) is 10.6 Å². The van der Waals surface area contributed by atoms with Crippen LogP contribution in [0.25, 0.3) is 0 Å². The third-order valence-electron chi connectivity index (χ3n) is 3.20. The Morgan fingerprint density at radius 2 is 1.80 bits per heavy atom. The van der Waals surface area contributed by atoms with E-state index < -0.39 is 11.7 Å². The number of hydrogen-bond acceptors (Lipinski definition) is 4. The molecule has 0 unspecified atom stereocenters. The van der Waals surface area contributed by atoms with Gasteiger partial charge in [0.2, 0.25) is 0 Å². The second-order valence-corrected chi connectivity index (χ2v) is 5.79. The zero-order valence-electron chi connectivity index (χ0n) is 12.6. The van der Waals surface area contributed by atoms with Gasteiger partial charge in [0, 0.05) is 5.69 Å². The van der Waals surface area contributed by atoms with Crippen LogP contribution in [0.4, 0.5) is 21.6 Å². The van der Waals surface area contributed by atoms with Gasteiger partial charge >= 0.3 is 0 Å². The Morgan fingerprint density at radius 1 is 1.00 bits per heavy atom. The number of carbonyl (C=O) groups is 1. The Kier molecular flexibility index (Phi) is 5.11. The second kappa shape index (κ2) is 7.46. The molecular formula is C17H11Cl2FN4O. The predicted octanol–water partition coefficient (Wildman–Crippen LogP) is 4.92. The van der Waals surface area contributed by atoms with Gasteiger partial charge in [-0.15, -0.1) is 0 Å². The molecule has 0 saturated carbocycles. The summed E-state index contributed by atoms with van der Waals surface area (Å²) in [6, 6.07) is 10.9. The highest BCUT2D eigenvalue weighted by Gasteiger charge is 2.11. The normalized spacial score (nSPS) is 10.4. The van der Waals surface area contributed by atoms with Gasteiger partial charge in [0.05, 0.1) is 28.1 Å². The van der Waals surface area contributed by atoms with Crippen molar-refractivity contribution < 1.29 is 9.18 Å². The van der Waals surface area contributed by atoms with Gasteiger partial charge in [-0.2, -0.15) is 0 Å². The molecule has 0 spiro atoms. The number of para-hydroxylation sites is 1. The topological polar surface area (TPSA) is 66.9 Å². The summed E-state index contributed by atoms with van der Waals surface area (Å²) in [5.74, 6) is -0.666.